The Morgan fingerprint density at radius 2 is 2.15 bits per heavy atom. The highest BCUT2D eigenvalue weighted by Crippen LogP contribution is 2.36. The summed E-state index contributed by atoms with van der Waals surface area (Å²) >= 11 is 0. The number of aromatic nitrogens is 3. The average molecular weight is 468 g/mol. The number of rotatable bonds is 10. The zero-order valence-electron chi connectivity index (χ0n) is 19.5. The van der Waals surface area contributed by atoms with Crippen LogP contribution in [0.25, 0.3) is 10.9 Å². The van der Waals surface area contributed by atoms with E-state index in [2.05, 4.69) is 30.3 Å². The molecule has 34 heavy (non-hydrogen) atoms. The van der Waals surface area contributed by atoms with E-state index in [1.165, 1.54) is 0 Å². The Hall–Kier alpha value is -3.27. The lowest BCUT2D eigenvalue weighted by molar-refractivity contribution is 0.121. The predicted octanol–water partition coefficient (Wildman–Crippen LogP) is 5.03. The summed E-state index contributed by atoms with van der Waals surface area (Å²) in [4.78, 5) is 14.3. The molecule has 2 fully saturated rings. The molecule has 3 N–H and O–H groups in total. The summed E-state index contributed by atoms with van der Waals surface area (Å²) in [7, 11) is 1.71. The van der Waals surface area contributed by atoms with Gasteiger partial charge in [-0.1, -0.05) is 0 Å². The van der Waals surface area contributed by atoms with Crippen LogP contribution in [0.5, 0.6) is 11.8 Å². The summed E-state index contributed by atoms with van der Waals surface area (Å²) in [5.74, 6) is 1.46. The molecule has 0 radical (unpaired) electrons. The van der Waals surface area contributed by atoms with E-state index in [0.717, 1.165) is 44.5 Å². The van der Waals surface area contributed by atoms with Gasteiger partial charge in [-0.3, -0.25) is 0 Å². The van der Waals surface area contributed by atoms with Crippen molar-refractivity contribution in [1.82, 2.24) is 15.0 Å². The van der Waals surface area contributed by atoms with Crippen LogP contribution in [0.4, 0.5) is 16.0 Å². The van der Waals surface area contributed by atoms with E-state index in [1.54, 1.807) is 25.3 Å². The minimum absolute atomic E-state index is 0.0520. The van der Waals surface area contributed by atoms with Gasteiger partial charge in [0.05, 0.1) is 12.1 Å². The predicted molar refractivity (Wildman–Crippen MR) is 127 cm³/mol. The lowest BCUT2D eigenvalue weighted by Crippen LogP contribution is -2.23. The normalized spacial score (nSPS) is 18.9. The maximum absolute atomic E-state index is 15.1. The van der Waals surface area contributed by atoms with Gasteiger partial charge in [0.25, 0.3) is 0 Å². The van der Waals surface area contributed by atoms with E-state index < -0.39 is 5.82 Å². The van der Waals surface area contributed by atoms with Crippen molar-refractivity contribution in [3.8, 4) is 11.8 Å². The Balaban J connectivity index is 1.38. The molecule has 1 aromatic carbocycles. The van der Waals surface area contributed by atoms with E-state index >= 15 is 4.39 Å². The number of benzene rings is 1. The summed E-state index contributed by atoms with van der Waals surface area (Å²) in [5, 5.41) is 7.57. The topological polar surface area (TPSA) is 112 Å². The maximum Gasteiger partial charge on any atom is 0.326 e. The molecule has 3 aromatic rings. The smallest absolute Gasteiger partial charge is 0.326 e. The number of aryl methyl sites for hydroxylation is 1. The molecule has 1 aliphatic carbocycles. The second-order valence-corrected chi connectivity index (χ2v) is 9.13. The quantitative estimate of drug-likeness (QED) is 0.361. The van der Waals surface area contributed by atoms with Gasteiger partial charge < -0.3 is 24.7 Å². The lowest BCUT2D eigenvalue weighted by Gasteiger charge is -2.19. The van der Waals surface area contributed by atoms with Crippen molar-refractivity contribution in [3.05, 3.63) is 35.8 Å². The Bertz CT molecular complexity index is 1180. The van der Waals surface area contributed by atoms with Crippen LogP contribution in [0, 0.1) is 24.2 Å². The van der Waals surface area contributed by atoms with Gasteiger partial charge in [0, 0.05) is 49.4 Å². The SMILES string of the molecule is COC1CCN(c2cc(NCCC(N=N)C3CC3)nc(Oc3ccc4[nH]c(C)cc4c3F)n2)C1. The molecular formula is C24H30FN7O2. The van der Waals surface area contributed by atoms with Crippen LogP contribution in [0.15, 0.2) is 29.4 Å². The molecule has 180 valence electrons. The number of anilines is 2. The number of ether oxygens (including phenoxy) is 2. The number of hydrogen-bond donors (Lipinski definition) is 3. The fraction of sp³-hybridized carbons (Fsp3) is 0.500. The van der Waals surface area contributed by atoms with Crippen molar-refractivity contribution in [2.45, 2.75) is 44.8 Å². The monoisotopic (exact) mass is 467 g/mol. The van der Waals surface area contributed by atoms with E-state index in [1.807, 2.05) is 13.0 Å². The molecule has 0 spiro atoms. The Labute approximate surface area is 197 Å². The standard InChI is InChI=1S/C24H30FN7O2/c1-14-11-17-19(28-14)5-6-20(23(17)25)34-24-29-21(27-9-7-18(31-26)15-3-4-15)12-22(30-24)32-10-8-16(13-32)33-2/h5-6,11-12,15-16,18,26,28H,3-4,7-10,13H2,1-2H3,(H,27,29,30). The molecule has 3 heterocycles. The summed E-state index contributed by atoms with van der Waals surface area (Å²) < 4.78 is 26.5. The minimum atomic E-state index is -0.449. The fourth-order valence-electron chi connectivity index (χ4n) is 4.54. The Morgan fingerprint density at radius 1 is 1.29 bits per heavy atom. The molecule has 0 amide bonds. The van der Waals surface area contributed by atoms with Crippen molar-refractivity contribution in [2.24, 2.45) is 11.0 Å². The van der Waals surface area contributed by atoms with Crippen molar-refractivity contribution < 1.29 is 13.9 Å². The zero-order valence-corrected chi connectivity index (χ0v) is 19.5. The molecule has 2 unspecified atom stereocenters. The van der Waals surface area contributed by atoms with Crippen LogP contribution in [-0.2, 0) is 4.74 Å². The third kappa shape index (κ3) is 4.82. The first kappa shape index (κ1) is 22.5. The first-order valence-electron chi connectivity index (χ1n) is 11.8. The number of nitrogens with zero attached hydrogens (tertiary/aromatic N) is 4. The third-order valence-electron chi connectivity index (χ3n) is 6.61. The minimum Gasteiger partial charge on any atom is -0.421 e. The second-order valence-electron chi connectivity index (χ2n) is 9.13. The molecule has 2 aromatic heterocycles. The van der Waals surface area contributed by atoms with Crippen molar-refractivity contribution in [3.63, 3.8) is 0 Å². The molecular weight excluding hydrogens is 437 g/mol. The van der Waals surface area contributed by atoms with Gasteiger partial charge in [-0.25, -0.2) is 9.92 Å². The molecule has 0 bridgehead atoms. The van der Waals surface area contributed by atoms with Gasteiger partial charge in [-0.05, 0) is 56.7 Å². The van der Waals surface area contributed by atoms with Gasteiger partial charge in [0.2, 0.25) is 0 Å². The molecule has 1 saturated heterocycles. The largest absolute Gasteiger partial charge is 0.421 e. The molecule has 1 aliphatic heterocycles. The van der Waals surface area contributed by atoms with Crippen LogP contribution in [-0.4, -0.2) is 53.8 Å². The number of nitrogens with one attached hydrogen (secondary N) is 3. The van der Waals surface area contributed by atoms with Gasteiger partial charge >= 0.3 is 6.01 Å². The Morgan fingerprint density at radius 3 is 2.88 bits per heavy atom. The fourth-order valence-corrected chi connectivity index (χ4v) is 4.54. The molecule has 5 rings (SSSR count). The number of halogens is 1. The average Bonchev–Trinajstić information content (AvgIpc) is 3.42. The van der Waals surface area contributed by atoms with Gasteiger partial charge in [0.1, 0.15) is 11.6 Å². The van der Waals surface area contributed by atoms with Crippen LogP contribution in [0.3, 0.4) is 0 Å². The van der Waals surface area contributed by atoms with Gasteiger partial charge in [-0.15, -0.1) is 0 Å². The summed E-state index contributed by atoms with van der Waals surface area (Å²) in [6.07, 6.45) is 4.11. The van der Waals surface area contributed by atoms with Crippen molar-refractivity contribution >= 4 is 22.5 Å². The summed E-state index contributed by atoms with van der Waals surface area (Å²) in [6, 6.07) is 7.14. The second kappa shape index (κ2) is 9.54. The van der Waals surface area contributed by atoms with Crippen LogP contribution >= 0.6 is 0 Å². The summed E-state index contributed by atoms with van der Waals surface area (Å²) in [6.45, 7) is 4.04. The van der Waals surface area contributed by atoms with Crippen LogP contribution in [0.2, 0.25) is 0 Å². The number of methoxy groups -OCH3 is 1. The highest BCUT2D eigenvalue weighted by Gasteiger charge is 2.31. The summed E-state index contributed by atoms with van der Waals surface area (Å²) in [5.41, 5.74) is 9.02. The highest BCUT2D eigenvalue weighted by atomic mass is 19.1. The third-order valence-corrected chi connectivity index (χ3v) is 6.61. The first-order chi connectivity index (χ1) is 16.5. The Kier molecular flexibility index (Phi) is 6.32. The number of aromatic amines is 1. The highest BCUT2D eigenvalue weighted by molar-refractivity contribution is 5.82. The van der Waals surface area contributed by atoms with Crippen molar-refractivity contribution in [2.75, 3.05) is 37.0 Å². The molecule has 2 aliphatic rings. The molecule has 2 atom stereocenters. The number of fused-ring (bicyclic) bond motifs is 1. The van der Waals surface area contributed by atoms with Crippen LogP contribution < -0.4 is 15.0 Å². The van der Waals surface area contributed by atoms with Gasteiger partial charge in [0.15, 0.2) is 11.6 Å². The number of H-pyrrole nitrogens is 1. The van der Waals surface area contributed by atoms with E-state index in [4.69, 9.17) is 15.0 Å². The maximum atomic E-state index is 15.1. The van der Waals surface area contributed by atoms with E-state index in [0.29, 0.717) is 35.0 Å². The van der Waals surface area contributed by atoms with E-state index in [9.17, 15) is 0 Å². The van der Waals surface area contributed by atoms with Gasteiger partial charge in [-0.2, -0.15) is 15.1 Å². The van der Waals surface area contributed by atoms with Crippen LogP contribution in [0.1, 0.15) is 31.4 Å². The lowest BCUT2D eigenvalue weighted by atomic mass is 10.1. The van der Waals surface area contributed by atoms with E-state index in [-0.39, 0.29) is 23.9 Å². The molecule has 9 nitrogen and oxygen atoms in total. The molecule has 1 saturated carbocycles. The zero-order chi connectivity index (χ0) is 23.7. The number of hydrogen-bond acceptors (Lipinski definition) is 8. The van der Waals surface area contributed by atoms with Crippen molar-refractivity contribution in [1.29, 1.82) is 5.53 Å². The molecule has 10 heteroatoms. The first-order valence-corrected chi connectivity index (χ1v) is 11.8.